The van der Waals surface area contributed by atoms with E-state index in [0.717, 1.165) is 38.9 Å². The minimum atomic E-state index is -0.795. The van der Waals surface area contributed by atoms with E-state index < -0.39 is 6.10 Å². The van der Waals surface area contributed by atoms with Gasteiger partial charge in [-0.05, 0) is 50.5 Å². The Bertz CT molecular complexity index is 416. The van der Waals surface area contributed by atoms with E-state index in [4.69, 9.17) is 0 Å². The first-order valence-electron chi connectivity index (χ1n) is 8.06. The van der Waals surface area contributed by atoms with Gasteiger partial charge in [0.15, 0.2) is 0 Å². The Morgan fingerprint density at radius 2 is 1.95 bits per heavy atom. The molecule has 5 heteroatoms. The van der Waals surface area contributed by atoms with E-state index in [9.17, 15) is 15.0 Å². The third kappa shape index (κ3) is 1.83. The zero-order valence-corrected chi connectivity index (χ0v) is 11.8. The molecule has 112 valence electrons. The number of rotatable bonds is 0. The quantitative estimate of drug-likeness (QED) is 0.646. The summed E-state index contributed by atoms with van der Waals surface area (Å²) in [6.45, 7) is 2.72. The third-order valence-electron chi connectivity index (χ3n) is 5.98. The molecule has 0 aromatic heterocycles. The third-order valence-corrected chi connectivity index (χ3v) is 5.98. The Labute approximate surface area is 119 Å². The molecule has 0 saturated carbocycles. The Morgan fingerprint density at radius 3 is 2.80 bits per heavy atom. The summed E-state index contributed by atoms with van der Waals surface area (Å²) in [6, 6.07) is 0.791. The minimum Gasteiger partial charge on any atom is -0.392 e. The predicted octanol–water partition coefficient (Wildman–Crippen LogP) is -0.187. The highest BCUT2D eigenvalue weighted by atomic mass is 16.3. The van der Waals surface area contributed by atoms with Crippen molar-refractivity contribution < 1.29 is 15.0 Å². The molecule has 5 nitrogen and oxygen atoms in total. The molecule has 0 unspecified atom stereocenters. The molecule has 4 heterocycles. The van der Waals surface area contributed by atoms with E-state index in [2.05, 4.69) is 4.90 Å². The van der Waals surface area contributed by atoms with Crippen LogP contribution in [0.4, 0.5) is 0 Å². The number of carbonyl (C=O) groups excluding carboxylic acids is 1. The molecule has 0 aromatic carbocycles. The monoisotopic (exact) mass is 280 g/mol. The molecule has 0 spiro atoms. The maximum absolute atomic E-state index is 12.3. The zero-order valence-electron chi connectivity index (χ0n) is 11.8. The van der Waals surface area contributed by atoms with Crippen LogP contribution in [0, 0.1) is 11.8 Å². The fourth-order valence-corrected chi connectivity index (χ4v) is 5.28. The van der Waals surface area contributed by atoms with Crippen molar-refractivity contribution in [1.29, 1.82) is 0 Å². The second-order valence-corrected chi connectivity index (χ2v) is 7.09. The van der Waals surface area contributed by atoms with Gasteiger partial charge in [-0.25, -0.2) is 0 Å². The zero-order chi connectivity index (χ0) is 13.9. The molecule has 0 aliphatic carbocycles. The summed E-state index contributed by atoms with van der Waals surface area (Å²) in [5, 5.41) is 20.0. The van der Waals surface area contributed by atoms with Gasteiger partial charge in [-0.15, -0.1) is 0 Å². The first-order valence-corrected chi connectivity index (χ1v) is 8.06. The van der Waals surface area contributed by atoms with E-state index in [0.29, 0.717) is 24.3 Å². The largest absolute Gasteiger partial charge is 0.392 e. The molecule has 0 radical (unpaired) electrons. The second-order valence-electron chi connectivity index (χ2n) is 7.09. The predicted molar refractivity (Wildman–Crippen MR) is 72.9 cm³/mol. The van der Waals surface area contributed by atoms with Gasteiger partial charge in [-0.2, -0.15) is 0 Å². The van der Waals surface area contributed by atoms with Crippen molar-refractivity contribution in [2.75, 3.05) is 19.6 Å². The lowest BCUT2D eigenvalue weighted by molar-refractivity contribution is -0.167. The Hall–Kier alpha value is -0.650. The van der Waals surface area contributed by atoms with Crippen LogP contribution in [0.25, 0.3) is 0 Å². The Kier molecular flexibility index (Phi) is 3.05. The summed E-state index contributed by atoms with van der Waals surface area (Å²) in [5.41, 5.74) is 0. The number of carbonyl (C=O) groups is 1. The molecule has 4 rings (SSSR count). The molecular weight excluding hydrogens is 256 g/mol. The molecule has 2 N–H and O–H groups in total. The van der Waals surface area contributed by atoms with Crippen LogP contribution in [0.5, 0.6) is 0 Å². The van der Waals surface area contributed by atoms with E-state index in [1.807, 2.05) is 4.90 Å². The lowest BCUT2D eigenvalue weighted by Gasteiger charge is -2.59. The van der Waals surface area contributed by atoms with Crippen molar-refractivity contribution in [3.05, 3.63) is 0 Å². The lowest BCUT2D eigenvalue weighted by atomic mass is 9.67. The number of piperidine rings is 4. The van der Waals surface area contributed by atoms with Crippen LogP contribution in [-0.4, -0.2) is 69.8 Å². The molecule has 0 aromatic rings. The van der Waals surface area contributed by atoms with Crippen LogP contribution >= 0.6 is 0 Å². The van der Waals surface area contributed by atoms with Gasteiger partial charge in [0.25, 0.3) is 5.91 Å². The fraction of sp³-hybridized carbons (Fsp3) is 0.933. The molecular formula is C15H24N2O3. The summed E-state index contributed by atoms with van der Waals surface area (Å²) in [7, 11) is 0. The van der Waals surface area contributed by atoms with E-state index in [-0.39, 0.29) is 18.1 Å². The van der Waals surface area contributed by atoms with Crippen LogP contribution in [0.1, 0.15) is 32.1 Å². The Balaban J connectivity index is 1.66. The number of fused-ring (bicyclic) bond motifs is 2. The standard InChI is InChI=1S/C15H24N2O3/c18-10-6-11-12-3-4-13(19)15(20)17(12)7-9-2-1-5-16(8-10)14(9)11/h9-14,18-19H,1-8H2/t9-,10-,11+,12+,13-,14-/m0/s1. The summed E-state index contributed by atoms with van der Waals surface area (Å²) < 4.78 is 0. The molecule has 0 bridgehead atoms. The molecule has 20 heavy (non-hydrogen) atoms. The Morgan fingerprint density at radius 1 is 1.10 bits per heavy atom. The topological polar surface area (TPSA) is 64.0 Å². The van der Waals surface area contributed by atoms with Crippen molar-refractivity contribution in [2.24, 2.45) is 11.8 Å². The highest BCUT2D eigenvalue weighted by Crippen LogP contribution is 2.44. The van der Waals surface area contributed by atoms with Crippen molar-refractivity contribution in [2.45, 2.75) is 56.4 Å². The summed E-state index contributed by atoms with van der Waals surface area (Å²) in [6.07, 6.45) is 3.59. The average Bonchev–Trinajstić information content (AvgIpc) is 2.43. The SMILES string of the molecule is O=C1[C@@H](O)CC[C@@H]2[C@H]3C[C@H](O)CN4CCC[C@@H](CN12)[C@@H]34. The molecule has 4 fully saturated rings. The highest BCUT2D eigenvalue weighted by molar-refractivity contribution is 5.82. The van der Waals surface area contributed by atoms with Gasteiger partial charge < -0.3 is 15.1 Å². The molecule has 4 aliphatic heterocycles. The van der Waals surface area contributed by atoms with Crippen LogP contribution in [0.15, 0.2) is 0 Å². The van der Waals surface area contributed by atoms with Crippen molar-refractivity contribution in [3.63, 3.8) is 0 Å². The highest BCUT2D eigenvalue weighted by Gasteiger charge is 2.53. The lowest BCUT2D eigenvalue weighted by Crippen LogP contribution is -2.69. The normalized spacial score (nSPS) is 48.7. The van der Waals surface area contributed by atoms with Crippen molar-refractivity contribution >= 4 is 5.91 Å². The molecule has 4 aliphatic rings. The molecule has 6 atom stereocenters. The van der Waals surface area contributed by atoms with Gasteiger partial charge >= 0.3 is 0 Å². The van der Waals surface area contributed by atoms with Gasteiger partial charge in [0.05, 0.1) is 6.10 Å². The van der Waals surface area contributed by atoms with Crippen LogP contribution in [-0.2, 0) is 4.79 Å². The van der Waals surface area contributed by atoms with Gasteiger partial charge in [0.2, 0.25) is 0 Å². The molecule has 4 saturated heterocycles. The summed E-state index contributed by atoms with van der Waals surface area (Å²) in [4.78, 5) is 16.7. The average molecular weight is 280 g/mol. The number of hydrogen-bond donors (Lipinski definition) is 2. The minimum absolute atomic E-state index is 0.0723. The van der Waals surface area contributed by atoms with Crippen LogP contribution in [0.3, 0.4) is 0 Å². The van der Waals surface area contributed by atoms with E-state index in [1.54, 1.807) is 0 Å². The molecule has 1 amide bonds. The van der Waals surface area contributed by atoms with Gasteiger partial charge in [-0.1, -0.05) is 0 Å². The van der Waals surface area contributed by atoms with Crippen molar-refractivity contribution in [3.8, 4) is 0 Å². The van der Waals surface area contributed by atoms with Crippen LogP contribution in [0.2, 0.25) is 0 Å². The number of hydrogen-bond acceptors (Lipinski definition) is 4. The first-order chi connectivity index (χ1) is 9.65. The van der Waals surface area contributed by atoms with Crippen molar-refractivity contribution in [1.82, 2.24) is 9.80 Å². The maximum atomic E-state index is 12.3. The number of aliphatic hydroxyl groups is 2. The van der Waals surface area contributed by atoms with Gasteiger partial charge in [-0.3, -0.25) is 9.69 Å². The summed E-state index contributed by atoms with van der Waals surface area (Å²) in [5.74, 6) is 0.859. The summed E-state index contributed by atoms with van der Waals surface area (Å²) >= 11 is 0. The van der Waals surface area contributed by atoms with E-state index in [1.165, 1.54) is 6.42 Å². The smallest absolute Gasteiger partial charge is 0.251 e. The number of amides is 1. The number of nitrogens with zero attached hydrogens (tertiary/aromatic N) is 2. The van der Waals surface area contributed by atoms with Gasteiger partial charge in [0, 0.05) is 25.2 Å². The van der Waals surface area contributed by atoms with E-state index >= 15 is 0 Å². The van der Waals surface area contributed by atoms with Gasteiger partial charge in [0.1, 0.15) is 6.10 Å². The fourth-order valence-electron chi connectivity index (χ4n) is 5.28. The first kappa shape index (κ1) is 13.0. The second kappa shape index (κ2) is 4.68. The maximum Gasteiger partial charge on any atom is 0.251 e. The van der Waals surface area contributed by atoms with Crippen LogP contribution < -0.4 is 0 Å². The number of aliphatic hydroxyl groups excluding tert-OH is 2.